The Bertz CT molecular complexity index is 949. The molecule has 9 aliphatic rings. The van der Waals surface area contributed by atoms with Crippen molar-refractivity contribution in [2.24, 2.45) is 154 Å². The minimum atomic E-state index is 0.927. The van der Waals surface area contributed by atoms with Gasteiger partial charge >= 0.3 is 0 Å². The maximum atomic E-state index is 2.84. The number of hydrogen-bond acceptors (Lipinski definition) is 0. The first-order chi connectivity index (χ1) is 18.6. The Morgan fingerprint density at radius 1 is 0.205 bits per heavy atom. The van der Waals surface area contributed by atoms with E-state index in [-0.39, 0.29) is 0 Å². The van der Waals surface area contributed by atoms with Crippen LogP contribution in [0.4, 0.5) is 0 Å². The first-order valence-electron chi connectivity index (χ1n) is 18.6. The van der Waals surface area contributed by atoms with Gasteiger partial charge in [0.2, 0.25) is 0 Å². The highest BCUT2D eigenvalue weighted by molar-refractivity contribution is 5.22. The Morgan fingerprint density at radius 2 is 0.410 bits per heavy atom. The third-order valence-electron chi connectivity index (χ3n) is 19.5. The average Bonchev–Trinajstić information content (AvgIpc) is 3.74. The van der Waals surface area contributed by atoms with Gasteiger partial charge in [0.15, 0.2) is 0 Å². The van der Waals surface area contributed by atoms with E-state index in [4.69, 9.17) is 0 Å². The second-order valence-electron chi connectivity index (χ2n) is 19.1. The second-order valence-corrected chi connectivity index (χ2v) is 19.1. The molecule has 0 nitrogen and oxygen atoms in total. The lowest BCUT2D eigenvalue weighted by molar-refractivity contribution is -0.167. The van der Waals surface area contributed by atoms with Crippen molar-refractivity contribution in [3.63, 3.8) is 0 Å². The van der Waals surface area contributed by atoms with Crippen LogP contribution in [0.1, 0.15) is 88.5 Å². The van der Waals surface area contributed by atoms with Gasteiger partial charge in [0.1, 0.15) is 0 Å². The third-order valence-corrected chi connectivity index (χ3v) is 19.5. The van der Waals surface area contributed by atoms with Crippen LogP contribution < -0.4 is 0 Å². The fourth-order valence-corrected chi connectivity index (χ4v) is 18.4. The minimum absolute atomic E-state index is 0.927. The summed E-state index contributed by atoms with van der Waals surface area (Å²) in [5, 5.41) is 0. The third kappa shape index (κ3) is 2.66. The first-order valence-corrected chi connectivity index (χ1v) is 18.6. The summed E-state index contributed by atoms with van der Waals surface area (Å²) >= 11 is 0. The lowest BCUT2D eigenvalue weighted by Gasteiger charge is -2.64. The first kappa shape index (κ1) is 25.5. The zero-order chi connectivity index (χ0) is 27.1. The summed E-state index contributed by atoms with van der Waals surface area (Å²) in [5.74, 6) is 27.0. The van der Waals surface area contributed by atoms with E-state index in [0.29, 0.717) is 0 Å². The molecule has 0 aliphatic heterocycles. The quantitative estimate of drug-likeness (QED) is 0.292. The molecule has 0 amide bonds. The molecule has 6 bridgehead atoms. The van der Waals surface area contributed by atoms with E-state index in [1.54, 1.807) is 19.3 Å². The van der Waals surface area contributed by atoms with Crippen LogP contribution in [0.15, 0.2) is 0 Å². The van der Waals surface area contributed by atoms with Gasteiger partial charge in [-0.1, -0.05) is 69.2 Å². The maximum Gasteiger partial charge on any atom is -0.0320 e. The Labute approximate surface area is 242 Å². The van der Waals surface area contributed by atoms with Crippen LogP contribution in [0.2, 0.25) is 0 Å². The molecule has 9 aliphatic carbocycles. The molecule has 0 spiro atoms. The van der Waals surface area contributed by atoms with E-state index in [1.165, 1.54) is 0 Å². The Morgan fingerprint density at radius 3 is 0.692 bits per heavy atom. The summed E-state index contributed by atoms with van der Waals surface area (Å²) in [6.45, 7) is 27.2. The van der Waals surface area contributed by atoms with Crippen molar-refractivity contribution in [3.05, 3.63) is 0 Å². The highest BCUT2D eigenvalue weighted by Crippen LogP contribution is 2.79. The van der Waals surface area contributed by atoms with E-state index in [1.807, 2.05) is 0 Å². The molecule has 0 saturated heterocycles. The molecule has 0 N–H and O–H groups in total. The normalized spacial score (nSPS) is 74.6. The fourth-order valence-electron chi connectivity index (χ4n) is 18.4. The second kappa shape index (κ2) is 7.93. The van der Waals surface area contributed by atoms with Gasteiger partial charge in [-0.3, -0.25) is 0 Å². The molecule has 9 saturated carbocycles. The molecular weight excluding hydrogens is 468 g/mol. The van der Waals surface area contributed by atoms with Crippen LogP contribution in [0.5, 0.6) is 0 Å². The Kier molecular flexibility index (Phi) is 5.18. The van der Waals surface area contributed by atoms with Crippen LogP contribution >= 0.6 is 0 Å². The van der Waals surface area contributed by atoms with Gasteiger partial charge in [0.05, 0.1) is 0 Å². The zero-order valence-corrected chi connectivity index (χ0v) is 27.1. The summed E-state index contributed by atoms with van der Waals surface area (Å²) in [6, 6.07) is 0. The van der Waals surface area contributed by atoms with Gasteiger partial charge in [0, 0.05) is 0 Å². The number of rotatable bonds is 0. The van der Waals surface area contributed by atoms with Gasteiger partial charge in [-0.25, -0.2) is 0 Å². The fraction of sp³-hybridized carbons (Fsp3) is 1.00. The summed E-state index contributed by atoms with van der Waals surface area (Å²) < 4.78 is 0. The molecule has 26 unspecified atom stereocenters. The van der Waals surface area contributed by atoms with Crippen molar-refractivity contribution in [3.8, 4) is 0 Å². The van der Waals surface area contributed by atoms with E-state index in [2.05, 4.69) is 69.2 Å². The van der Waals surface area contributed by atoms with E-state index in [9.17, 15) is 0 Å². The van der Waals surface area contributed by atoms with Gasteiger partial charge in [-0.05, 0) is 173 Å². The Balaban J connectivity index is 1.07. The largest absolute Gasteiger partial charge is 0.0620 e. The number of hydrogen-bond donors (Lipinski definition) is 0. The van der Waals surface area contributed by atoms with Crippen LogP contribution in [-0.4, -0.2) is 0 Å². The van der Waals surface area contributed by atoms with Crippen molar-refractivity contribution in [2.45, 2.75) is 88.5 Å². The van der Waals surface area contributed by atoms with Crippen molar-refractivity contribution >= 4 is 0 Å². The molecular formula is C39H62. The standard InChI is InChI=1S/C39H62/c1-14-15(2)19(6)31-27-12-26(30(31)18(14)5)36-22(9)38-28-13-29(39(38)23(10)37(27)36)35-21(8)33-25-11-24(16(3)17(25)4)32(33)20(7)34(28)35/h14-39H,11-13H2,1-10H3. The molecule has 0 heteroatoms. The van der Waals surface area contributed by atoms with Gasteiger partial charge in [0.25, 0.3) is 0 Å². The van der Waals surface area contributed by atoms with E-state index < -0.39 is 0 Å². The SMILES string of the molecule is CC1C(C)C(C)C2C3CC(C2C1C)C1C(C)C2C4CC(C5C(C)C6C7CC(C(C)C7C)C6C(C)C45)C2C(C)C31. The summed E-state index contributed by atoms with van der Waals surface area (Å²) in [5.41, 5.74) is 0. The van der Waals surface area contributed by atoms with Crippen molar-refractivity contribution in [1.82, 2.24) is 0 Å². The predicted molar refractivity (Wildman–Crippen MR) is 161 cm³/mol. The molecule has 0 radical (unpaired) electrons. The highest BCUT2D eigenvalue weighted by Gasteiger charge is 2.74. The van der Waals surface area contributed by atoms with Crippen LogP contribution in [0, 0.1) is 154 Å². The maximum absolute atomic E-state index is 2.84. The lowest BCUT2D eigenvalue weighted by Crippen LogP contribution is -2.60. The van der Waals surface area contributed by atoms with Crippen LogP contribution in [0.25, 0.3) is 0 Å². The van der Waals surface area contributed by atoms with Gasteiger partial charge in [-0.15, -0.1) is 0 Å². The summed E-state index contributed by atoms with van der Waals surface area (Å²) in [4.78, 5) is 0. The van der Waals surface area contributed by atoms with Crippen LogP contribution in [0.3, 0.4) is 0 Å². The molecule has 218 valence electrons. The topological polar surface area (TPSA) is 0 Å². The molecule has 9 fully saturated rings. The molecule has 9 rings (SSSR count). The monoisotopic (exact) mass is 530 g/mol. The molecule has 0 aromatic carbocycles. The average molecular weight is 531 g/mol. The predicted octanol–water partition coefficient (Wildman–Crippen LogP) is 9.50. The number of fused-ring (bicyclic) bond motifs is 21. The summed E-state index contributed by atoms with van der Waals surface area (Å²) in [7, 11) is 0. The smallest absolute Gasteiger partial charge is 0.0320 e. The van der Waals surface area contributed by atoms with Crippen LogP contribution in [-0.2, 0) is 0 Å². The molecule has 0 heterocycles. The minimum Gasteiger partial charge on any atom is -0.0620 e. The van der Waals surface area contributed by atoms with Crippen molar-refractivity contribution in [2.75, 3.05) is 0 Å². The zero-order valence-electron chi connectivity index (χ0n) is 27.1. The molecule has 0 aromatic rings. The van der Waals surface area contributed by atoms with E-state index >= 15 is 0 Å². The van der Waals surface area contributed by atoms with Crippen molar-refractivity contribution < 1.29 is 0 Å². The molecule has 26 atom stereocenters. The van der Waals surface area contributed by atoms with Gasteiger partial charge in [-0.2, -0.15) is 0 Å². The molecule has 0 aromatic heterocycles. The Hall–Kier alpha value is 0. The highest BCUT2D eigenvalue weighted by atomic mass is 14.8. The van der Waals surface area contributed by atoms with E-state index in [0.717, 1.165) is 154 Å². The molecule has 39 heavy (non-hydrogen) atoms. The van der Waals surface area contributed by atoms with Gasteiger partial charge < -0.3 is 0 Å². The summed E-state index contributed by atoms with van der Waals surface area (Å²) in [6.07, 6.45) is 4.88. The van der Waals surface area contributed by atoms with Crippen molar-refractivity contribution in [1.29, 1.82) is 0 Å². The lowest BCUT2D eigenvalue weighted by atomic mass is 9.41.